The predicted molar refractivity (Wildman–Crippen MR) is 74.4 cm³/mol. The summed E-state index contributed by atoms with van der Waals surface area (Å²) in [6.45, 7) is 2.16. The molecule has 2 aromatic rings. The van der Waals surface area contributed by atoms with Gasteiger partial charge in [0.05, 0.1) is 30.1 Å². The van der Waals surface area contributed by atoms with Gasteiger partial charge in [0, 0.05) is 5.56 Å². The van der Waals surface area contributed by atoms with Gasteiger partial charge in [0.25, 0.3) is 0 Å². The van der Waals surface area contributed by atoms with Crippen LogP contribution in [0.5, 0.6) is 0 Å². The van der Waals surface area contributed by atoms with E-state index in [1.807, 2.05) is 30.3 Å². The van der Waals surface area contributed by atoms with Gasteiger partial charge in [-0.2, -0.15) is 0 Å². The number of nitrogens with two attached hydrogens (primary N) is 1. The van der Waals surface area contributed by atoms with Gasteiger partial charge in [-0.05, 0) is 19.1 Å². The van der Waals surface area contributed by atoms with Crippen molar-refractivity contribution in [3.05, 3.63) is 48.2 Å². The van der Waals surface area contributed by atoms with Gasteiger partial charge in [0.15, 0.2) is 0 Å². The third kappa shape index (κ3) is 3.31. The molecule has 1 aromatic heterocycles. The molecule has 0 aliphatic rings. The zero-order valence-corrected chi connectivity index (χ0v) is 10.8. The Bertz CT molecular complexity index is 568. The Kier molecular flexibility index (Phi) is 4.13. The molecule has 4 nitrogen and oxygen atoms in total. The number of hydrogen-bond donors (Lipinski definition) is 1. The molecular formula is C15H16N2O2. The Labute approximate surface area is 112 Å². The first-order valence-corrected chi connectivity index (χ1v) is 6.17. The second-order valence-corrected chi connectivity index (χ2v) is 4.09. The SMILES string of the molecule is CCOC(=O)Cc1ccc(N)c(-c2ccccc2)n1. The predicted octanol–water partition coefficient (Wildman–Crippen LogP) is 2.44. The number of benzene rings is 1. The van der Waals surface area contributed by atoms with E-state index in [1.165, 1.54) is 0 Å². The highest BCUT2D eigenvalue weighted by Crippen LogP contribution is 2.23. The Morgan fingerprint density at radius 3 is 2.63 bits per heavy atom. The number of hydrogen-bond acceptors (Lipinski definition) is 4. The smallest absolute Gasteiger partial charge is 0.311 e. The average Bonchev–Trinajstić information content (AvgIpc) is 2.42. The molecule has 0 radical (unpaired) electrons. The normalized spacial score (nSPS) is 10.2. The van der Waals surface area contributed by atoms with E-state index in [-0.39, 0.29) is 12.4 Å². The van der Waals surface area contributed by atoms with Gasteiger partial charge in [0.2, 0.25) is 0 Å². The van der Waals surface area contributed by atoms with E-state index in [0.717, 1.165) is 5.56 Å². The van der Waals surface area contributed by atoms with Crippen molar-refractivity contribution in [1.82, 2.24) is 4.98 Å². The molecule has 4 heteroatoms. The van der Waals surface area contributed by atoms with Crippen molar-refractivity contribution in [3.8, 4) is 11.3 Å². The number of nitrogens with zero attached hydrogens (tertiary/aromatic N) is 1. The first-order valence-electron chi connectivity index (χ1n) is 6.17. The summed E-state index contributed by atoms with van der Waals surface area (Å²) < 4.78 is 4.91. The van der Waals surface area contributed by atoms with E-state index in [1.54, 1.807) is 19.1 Å². The van der Waals surface area contributed by atoms with Crippen molar-refractivity contribution >= 4 is 11.7 Å². The molecular weight excluding hydrogens is 240 g/mol. The van der Waals surface area contributed by atoms with E-state index in [0.29, 0.717) is 23.7 Å². The summed E-state index contributed by atoms with van der Waals surface area (Å²) in [5.41, 5.74) is 8.82. The van der Waals surface area contributed by atoms with Crippen molar-refractivity contribution in [1.29, 1.82) is 0 Å². The fourth-order valence-electron chi connectivity index (χ4n) is 1.80. The average molecular weight is 256 g/mol. The second-order valence-electron chi connectivity index (χ2n) is 4.09. The van der Waals surface area contributed by atoms with Crippen molar-refractivity contribution < 1.29 is 9.53 Å². The van der Waals surface area contributed by atoms with Crippen molar-refractivity contribution in [2.45, 2.75) is 13.3 Å². The van der Waals surface area contributed by atoms with Crippen LogP contribution in [0.2, 0.25) is 0 Å². The van der Waals surface area contributed by atoms with E-state index >= 15 is 0 Å². The first kappa shape index (κ1) is 13.1. The molecule has 2 N–H and O–H groups in total. The Hall–Kier alpha value is -2.36. The summed E-state index contributed by atoms with van der Waals surface area (Å²) >= 11 is 0. The van der Waals surface area contributed by atoms with Crippen molar-refractivity contribution in [2.75, 3.05) is 12.3 Å². The highest BCUT2D eigenvalue weighted by Gasteiger charge is 2.09. The van der Waals surface area contributed by atoms with Crippen LogP contribution in [0.15, 0.2) is 42.5 Å². The van der Waals surface area contributed by atoms with Gasteiger partial charge in [-0.3, -0.25) is 9.78 Å². The maximum atomic E-state index is 11.5. The van der Waals surface area contributed by atoms with Gasteiger partial charge in [0.1, 0.15) is 0 Å². The molecule has 0 aliphatic heterocycles. The number of rotatable bonds is 4. The van der Waals surface area contributed by atoms with Gasteiger partial charge in [-0.25, -0.2) is 0 Å². The maximum absolute atomic E-state index is 11.5. The number of pyridine rings is 1. The largest absolute Gasteiger partial charge is 0.466 e. The van der Waals surface area contributed by atoms with Crippen molar-refractivity contribution in [3.63, 3.8) is 0 Å². The lowest BCUT2D eigenvalue weighted by Gasteiger charge is -2.07. The van der Waals surface area contributed by atoms with Gasteiger partial charge in [-0.15, -0.1) is 0 Å². The summed E-state index contributed by atoms with van der Waals surface area (Å²) in [6.07, 6.45) is 0.161. The standard InChI is InChI=1S/C15H16N2O2/c1-2-19-14(18)10-12-8-9-13(16)15(17-12)11-6-4-3-5-7-11/h3-9H,2,10,16H2,1H3. The molecule has 2 rings (SSSR count). The van der Waals surface area contributed by atoms with Crippen LogP contribution in [-0.4, -0.2) is 17.6 Å². The molecule has 19 heavy (non-hydrogen) atoms. The number of aromatic nitrogens is 1. The highest BCUT2D eigenvalue weighted by atomic mass is 16.5. The van der Waals surface area contributed by atoms with Crippen LogP contribution in [0.25, 0.3) is 11.3 Å². The minimum Gasteiger partial charge on any atom is -0.466 e. The lowest BCUT2D eigenvalue weighted by molar-refractivity contribution is -0.142. The molecule has 0 spiro atoms. The van der Waals surface area contributed by atoms with E-state index < -0.39 is 0 Å². The third-order valence-electron chi connectivity index (χ3n) is 2.66. The molecule has 0 bridgehead atoms. The number of carbonyl (C=O) groups excluding carboxylic acids is 1. The molecule has 1 heterocycles. The summed E-state index contributed by atoms with van der Waals surface area (Å²) in [5.74, 6) is -0.279. The Morgan fingerprint density at radius 2 is 1.95 bits per heavy atom. The zero-order valence-electron chi connectivity index (χ0n) is 10.8. The minimum atomic E-state index is -0.279. The maximum Gasteiger partial charge on any atom is 0.311 e. The van der Waals surface area contributed by atoms with Crippen LogP contribution in [-0.2, 0) is 16.0 Å². The quantitative estimate of drug-likeness (QED) is 0.853. The number of anilines is 1. The van der Waals surface area contributed by atoms with E-state index in [4.69, 9.17) is 10.5 Å². The van der Waals surface area contributed by atoms with E-state index in [2.05, 4.69) is 4.98 Å². The molecule has 0 aliphatic carbocycles. The van der Waals surface area contributed by atoms with Crippen LogP contribution in [0.4, 0.5) is 5.69 Å². The van der Waals surface area contributed by atoms with Crippen LogP contribution < -0.4 is 5.73 Å². The summed E-state index contributed by atoms with van der Waals surface area (Å²) in [7, 11) is 0. The molecule has 0 saturated heterocycles. The second kappa shape index (κ2) is 6.00. The number of ether oxygens (including phenoxy) is 1. The number of carbonyl (C=O) groups is 1. The Morgan fingerprint density at radius 1 is 1.21 bits per heavy atom. The summed E-state index contributed by atoms with van der Waals surface area (Å²) in [6, 6.07) is 13.2. The van der Waals surface area contributed by atoms with Gasteiger partial charge in [-0.1, -0.05) is 30.3 Å². The number of esters is 1. The van der Waals surface area contributed by atoms with Crippen LogP contribution in [0.1, 0.15) is 12.6 Å². The van der Waals surface area contributed by atoms with Gasteiger partial charge >= 0.3 is 5.97 Å². The summed E-state index contributed by atoms with van der Waals surface area (Å²) in [4.78, 5) is 15.9. The first-order chi connectivity index (χ1) is 9.20. The molecule has 0 fully saturated rings. The monoisotopic (exact) mass is 256 g/mol. The summed E-state index contributed by atoms with van der Waals surface area (Å²) in [5, 5.41) is 0. The molecule has 0 amide bonds. The zero-order chi connectivity index (χ0) is 13.7. The molecule has 0 saturated carbocycles. The van der Waals surface area contributed by atoms with Crippen LogP contribution in [0.3, 0.4) is 0 Å². The minimum absolute atomic E-state index is 0.161. The topological polar surface area (TPSA) is 65.2 Å². The number of nitrogen functional groups attached to an aromatic ring is 1. The van der Waals surface area contributed by atoms with Gasteiger partial charge < -0.3 is 10.5 Å². The fraction of sp³-hybridized carbons (Fsp3) is 0.200. The molecule has 0 atom stereocenters. The fourth-order valence-corrected chi connectivity index (χ4v) is 1.80. The highest BCUT2D eigenvalue weighted by molar-refractivity contribution is 5.75. The van der Waals surface area contributed by atoms with Crippen molar-refractivity contribution in [2.24, 2.45) is 0 Å². The molecule has 1 aromatic carbocycles. The lowest BCUT2D eigenvalue weighted by atomic mass is 10.1. The van der Waals surface area contributed by atoms with Crippen LogP contribution in [0, 0.1) is 0 Å². The molecule has 0 unspecified atom stereocenters. The third-order valence-corrected chi connectivity index (χ3v) is 2.66. The molecule has 98 valence electrons. The lowest BCUT2D eigenvalue weighted by Crippen LogP contribution is -2.09. The van der Waals surface area contributed by atoms with Crippen LogP contribution >= 0.6 is 0 Å². The van der Waals surface area contributed by atoms with E-state index in [9.17, 15) is 4.79 Å². The Balaban J connectivity index is 2.28.